The SMILES string of the molecule is CCCc1ccc(C#CC=C[C@H]2CC[C@H](CC[C@H]3CC[C@H](CC)CC3)CC2)cc1. The molecular weight excluding hydrogens is 348 g/mol. The van der Waals surface area contributed by atoms with Gasteiger partial charge in [-0.05, 0) is 79.5 Å². The summed E-state index contributed by atoms with van der Waals surface area (Å²) in [6, 6.07) is 8.75. The highest BCUT2D eigenvalue weighted by Crippen LogP contribution is 2.37. The van der Waals surface area contributed by atoms with E-state index in [1.54, 1.807) is 0 Å². The van der Waals surface area contributed by atoms with Crippen LogP contribution in [0.2, 0.25) is 0 Å². The molecule has 0 heterocycles. The topological polar surface area (TPSA) is 0 Å². The van der Waals surface area contributed by atoms with Gasteiger partial charge in [-0.2, -0.15) is 0 Å². The second-order valence-electron chi connectivity index (χ2n) is 9.73. The highest BCUT2D eigenvalue weighted by Gasteiger charge is 2.23. The Bertz CT molecular complexity index is 652. The first-order valence-corrected chi connectivity index (χ1v) is 12.5. The molecule has 0 unspecified atom stereocenters. The third-order valence-electron chi connectivity index (χ3n) is 7.58. The molecule has 1 aromatic carbocycles. The van der Waals surface area contributed by atoms with E-state index in [4.69, 9.17) is 0 Å². The second-order valence-corrected chi connectivity index (χ2v) is 9.73. The molecule has 0 nitrogen and oxygen atoms in total. The van der Waals surface area contributed by atoms with Crippen molar-refractivity contribution < 1.29 is 0 Å². The van der Waals surface area contributed by atoms with E-state index in [1.165, 1.54) is 82.6 Å². The van der Waals surface area contributed by atoms with Crippen molar-refractivity contribution in [2.24, 2.45) is 23.7 Å². The van der Waals surface area contributed by atoms with E-state index in [0.29, 0.717) is 0 Å². The number of allylic oxidation sites excluding steroid dienone is 2. The summed E-state index contributed by atoms with van der Waals surface area (Å²) >= 11 is 0. The van der Waals surface area contributed by atoms with E-state index >= 15 is 0 Å². The Kier molecular flexibility index (Phi) is 9.40. The Balaban J connectivity index is 1.32. The molecule has 2 fully saturated rings. The smallest absolute Gasteiger partial charge is 0.0249 e. The van der Waals surface area contributed by atoms with Crippen molar-refractivity contribution in [3.63, 3.8) is 0 Å². The minimum atomic E-state index is 0.757. The average Bonchev–Trinajstić information content (AvgIpc) is 2.78. The molecule has 0 heteroatoms. The average molecular weight is 391 g/mol. The van der Waals surface area contributed by atoms with Gasteiger partial charge in [-0.15, -0.1) is 0 Å². The van der Waals surface area contributed by atoms with Crippen molar-refractivity contribution in [1.29, 1.82) is 0 Å². The number of rotatable bonds is 7. The van der Waals surface area contributed by atoms with Gasteiger partial charge in [-0.1, -0.05) is 95.3 Å². The van der Waals surface area contributed by atoms with E-state index in [2.05, 4.69) is 62.1 Å². The Morgan fingerprint density at radius 1 is 0.793 bits per heavy atom. The third-order valence-corrected chi connectivity index (χ3v) is 7.58. The zero-order chi connectivity index (χ0) is 20.3. The number of hydrogen-bond donors (Lipinski definition) is 0. The van der Waals surface area contributed by atoms with Crippen molar-refractivity contribution in [3.05, 3.63) is 47.5 Å². The molecule has 2 aliphatic carbocycles. The van der Waals surface area contributed by atoms with Gasteiger partial charge in [0, 0.05) is 5.56 Å². The summed E-state index contributed by atoms with van der Waals surface area (Å²) in [7, 11) is 0. The van der Waals surface area contributed by atoms with Crippen molar-refractivity contribution >= 4 is 0 Å². The molecule has 158 valence electrons. The molecule has 0 atom stereocenters. The summed E-state index contributed by atoms with van der Waals surface area (Å²) < 4.78 is 0. The molecule has 0 bridgehead atoms. The maximum absolute atomic E-state index is 3.29. The summed E-state index contributed by atoms with van der Waals surface area (Å²) in [5.41, 5.74) is 2.55. The fraction of sp³-hybridized carbons (Fsp3) is 0.655. The standard InChI is InChI=1S/C29H42/c1-3-7-25-14-16-26(17-15-25)8-5-6-9-27-18-20-29(21-19-27)23-22-28-12-10-24(4-2)11-13-28/h6,9,14-17,24,27-29H,3-4,7,10-13,18-23H2,1-2H3/t24-,27-,28-,29-. The number of benzene rings is 1. The minimum Gasteiger partial charge on any atom is -0.0730 e. The Hall–Kier alpha value is -1.48. The Labute approximate surface area is 180 Å². The monoisotopic (exact) mass is 390 g/mol. The minimum absolute atomic E-state index is 0.757. The maximum atomic E-state index is 3.29. The fourth-order valence-electron chi connectivity index (χ4n) is 5.42. The molecule has 2 saturated carbocycles. The molecule has 0 amide bonds. The largest absolute Gasteiger partial charge is 0.0730 e. The van der Waals surface area contributed by atoms with Gasteiger partial charge in [0.1, 0.15) is 0 Å². The zero-order valence-electron chi connectivity index (χ0n) is 19.0. The molecule has 0 aliphatic heterocycles. The molecule has 3 rings (SSSR count). The molecule has 29 heavy (non-hydrogen) atoms. The lowest BCUT2D eigenvalue weighted by Crippen LogP contribution is -2.17. The van der Waals surface area contributed by atoms with E-state index in [-0.39, 0.29) is 0 Å². The highest BCUT2D eigenvalue weighted by molar-refractivity contribution is 5.38. The lowest BCUT2D eigenvalue weighted by molar-refractivity contribution is 0.224. The summed E-state index contributed by atoms with van der Waals surface area (Å²) in [5.74, 6) is 10.4. The maximum Gasteiger partial charge on any atom is 0.0249 e. The molecule has 0 aromatic heterocycles. The van der Waals surface area contributed by atoms with Crippen LogP contribution in [-0.4, -0.2) is 0 Å². The Morgan fingerprint density at radius 3 is 1.97 bits per heavy atom. The van der Waals surface area contributed by atoms with Crippen molar-refractivity contribution in [3.8, 4) is 11.8 Å². The van der Waals surface area contributed by atoms with E-state index in [0.717, 1.165) is 35.7 Å². The van der Waals surface area contributed by atoms with Gasteiger partial charge < -0.3 is 0 Å². The van der Waals surface area contributed by atoms with Crippen LogP contribution in [0.5, 0.6) is 0 Å². The summed E-state index contributed by atoms with van der Waals surface area (Å²) in [6.07, 6.45) is 22.9. The van der Waals surface area contributed by atoms with Crippen LogP contribution in [0.1, 0.15) is 102 Å². The van der Waals surface area contributed by atoms with Crippen LogP contribution in [0.3, 0.4) is 0 Å². The lowest BCUT2D eigenvalue weighted by atomic mass is 9.75. The van der Waals surface area contributed by atoms with E-state index in [9.17, 15) is 0 Å². The molecular formula is C29H42. The van der Waals surface area contributed by atoms with Crippen LogP contribution in [0.25, 0.3) is 0 Å². The summed E-state index contributed by atoms with van der Waals surface area (Å²) in [5, 5.41) is 0. The van der Waals surface area contributed by atoms with Gasteiger partial charge in [0.2, 0.25) is 0 Å². The molecule has 0 radical (unpaired) electrons. The molecule has 1 aromatic rings. The zero-order valence-corrected chi connectivity index (χ0v) is 19.0. The first-order valence-electron chi connectivity index (χ1n) is 12.5. The summed E-state index contributed by atoms with van der Waals surface area (Å²) in [4.78, 5) is 0. The number of aryl methyl sites for hydroxylation is 1. The highest BCUT2D eigenvalue weighted by atomic mass is 14.3. The number of hydrogen-bond acceptors (Lipinski definition) is 0. The Morgan fingerprint density at radius 2 is 1.38 bits per heavy atom. The van der Waals surface area contributed by atoms with Crippen molar-refractivity contribution in [1.82, 2.24) is 0 Å². The quantitative estimate of drug-likeness (QED) is 0.410. The van der Waals surface area contributed by atoms with Gasteiger partial charge in [-0.3, -0.25) is 0 Å². The third kappa shape index (κ3) is 7.70. The second kappa shape index (κ2) is 12.3. The van der Waals surface area contributed by atoms with Crippen LogP contribution >= 0.6 is 0 Å². The van der Waals surface area contributed by atoms with Gasteiger partial charge in [0.15, 0.2) is 0 Å². The summed E-state index contributed by atoms with van der Waals surface area (Å²) in [6.45, 7) is 4.60. The predicted molar refractivity (Wildman–Crippen MR) is 127 cm³/mol. The van der Waals surface area contributed by atoms with E-state index < -0.39 is 0 Å². The fourth-order valence-corrected chi connectivity index (χ4v) is 5.42. The van der Waals surface area contributed by atoms with Crippen molar-refractivity contribution in [2.45, 2.75) is 97.3 Å². The van der Waals surface area contributed by atoms with Crippen LogP contribution in [0.15, 0.2) is 36.4 Å². The normalized spacial score (nSPS) is 27.5. The molecule has 2 aliphatic rings. The van der Waals surface area contributed by atoms with Gasteiger partial charge >= 0.3 is 0 Å². The lowest BCUT2D eigenvalue weighted by Gasteiger charge is -2.31. The first kappa shape index (κ1) is 22.2. The van der Waals surface area contributed by atoms with E-state index in [1.807, 2.05) is 0 Å². The van der Waals surface area contributed by atoms with Crippen LogP contribution in [0, 0.1) is 35.5 Å². The van der Waals surface area contributed by atoms with Gasteiger partial charge in [0.05, 0.1) is 0 Å². The van der Waals surface area contributed by atoms with Crippen molar-refractivity contribution in [2.75, 3.05) is 0 Å². The molecule has 0 N–H and O–H groups in total. The first-order chi connectivity index (χ1) is 14.3. The van der Waals surface area contributed by atoms with Crippen LogP contribution < -0.4 is 0 Å². The molecule has 0 saturated heterocycles. The predicted octanol–water partition coefficient (Wildman–Crippen LogP) is 8.35. The van der Waals surface area contributed by atoms with Crippen LogP contribution in [0.4, 0.5) is 0 Å². The van der Waals surface area contributed by atoms with Gasteiger partial charge in [0.25, 0.3) is 0 Å². The van der Waals surface area contributed by atoms with Gasteiger partial charge in [-0.25, -0.2) is 0 Å². The molecule has 0 spiro atoms. The van der Waals surface area contributed by atoms with Crippen LogP contribution in [-0.2, 0) is 6.42 Å².